The van der Waals surface area contributed by atoms with Gasteiger partial charge in [0.1, 0.15) is 13.2 Å². The minimum Gasteiger partial charge on any atom is -0.472 e. The Balaban J connectivity index is 2.43. The SMILES string of the molecule is [NH3+]CCOc1ccccn1. The molecule has 10 heavy (non-hydrogen) atoms. The van der Waals surface area contributed by atoms with Crippen LogP contribution in [0.25, 0.3) is 0 Å². The summed E-state index contributed by atoms with van der Waals surface area (Å²) in [7, 11) is 0. The van der Waals surface area contributed by atoms with Crippen LogP contribution in [-0.4, -0.2) is 18.1 Å². The first-order valence-electron chi connectivity index (χ1n) is 3.26. The molecule has 0 unspecified atom stereocenters. The molecule has 54 valence electrons. The fourth-order valence-corrected chi connectivity index (χ4v) is 0.609. The number of aromatic nitrogens is 1. The van der Waals surface area contributed by atoms with E-state index in [0.717, 1.165) is 6.54 Å². The summed E-state index contributed by atoms with van der Waals surface area (Å²) < 4.78 is 5.18. The molecule has 0 aliphatic heterocycles. The molecule has 0 fully saturated rings. The van der Waals surface area contributed by atoms with Crippen LogP contribution in [0.1, 0.15) is 0 Å². The Labute approximate surface area is 59.8 Å². The Morgan fingerprint density at radius 3 is 3.00 bits per heavy atom. The lowest BCUT2D eigenvalue weighted by Crippen LogP contribution is -2.52. The van der Waals surface area contributed by atoms with Crippen LogP contribution in [0.4, 0.5) is 0 Å². The molecule has 0 amide bonds. The molecule has 0 aliphatic rings. The molecule has 1 aromatic heterocycles. The fourth-order valence-electron chi connectivity index (χ4n) is 0.609. The van der Waals surface area contributed by atoms with Gasteiger partial charge in [0.2, 0.25) is 5.88 Å². The molecule has 3 heteroatoms. The maximum atomic E-state index is 5.18. The van der Waals surface area contributed by atoms with Crippen LogP contribution in [-0.2, 0) is 0 Å². The van der Waals surface area contributed by atoms with Crippen molar-refractivity contribution in [1.82, 2.24) is 4.98 Å². The Bertz CT molecular complexity index is 176. The van der Waals surface area contributed by atoms with Crippen molar-refractivity contribution in [1.29, 1.82) is 0 Å². The zero-order valence-corrected chi connectivity index (χ0v) is 5.79. The maximum absolute atomic E-state index is 5.18. The molecule has 0 saturated carbocycles. The van der Waals surface area contributed by atoms with Crippen LogP contribution in [0.3, 0.4) is 0 Å². The number of pyridine rings is 1. The summed E-state index contributed by atoms with van der Waals surface area (Å²) in [6, 6.07) is 5.58. The molecule has 0 spiro atoms. The molecule has 0 saturated heterocycles. The number of ether oxygens (including phenoxy) is 1. The van der Waals surface area contributed by atoms with Gasteiger partial charge in [0.05, 0.1) is 0 Å². The maximum Gasteiger partial charge on any atom is 0.213 e. The van der Waals surface area contributed by atoms with Gasteiger partial charge in [-0.3, -0.25) is 0 Å². The molecular weight excluding hydrogens is 128 g/mol. The summed E-state index contributed by atoms with van der Waals surface area (Å²) in [5.74, 6) is 0.672. The highest BCUT2D eigenvalue weighted by Crippen LogP contribution is 2.01. The van der Waals surface area contributed by atoms with Gasteiger partial charge < -0.3 is 10.5 Å². The summed E-state index contributed by atoms with van der Waals surface area (Å²) in [5, 5.41) is 0. The van der Waals surface area contributed by atoms with Gasteiger partial charge in [-0.1, -0.05) is 6.07 Å². The van der Waals surface area contributed by atoms with Crippen molar-refractivity contribution < 1.29 is 10.5 Å². The van der Waals surface area contributed by atoms with E-state index in [0.29, 0.717) is 12.5 Å². The van der Waals surface area contributed by atoms with E-state index in [-0.39, 0.29) is 0 Å². The first-order chi connectivity index (χ1) is 4.93. The van der Waals surface area contributed by atoms with Crippen LogP contribution < -0.4 is 10.5 Å². The molecule has 3 nitrogen and oxygen atoms in total. The minimum atomic E-state index is 0.636. The number of rotatable bonds is 3. The second-order valence-electron chi connectivity index (χ2n) is 1.87. The lowest BCUT2D eigenvalue weighted by molar-refractivity contribution is -0.371. The first kappa shape index (κ1) is 7.02. The first-order valence-corrected chi connectivity index (χ1v) is 3.26. The van der Waals surface area contributed by atoms with Gasteiger partial charge in [-0.2, -0.15) is 0 Å². The van der Waals surface area contributed by atoms with Gasteiger partial charge >= 0.3 is 0 Å². The standard InChI is InChI=1S/C7H10N2O/c8-4-6-10-7-3-1-2-5-9-7/h1-3,5H,4,6,8H2/p+1. The van der Waals surface area contributed by atoms with E-state index in [1.807, 2.05) is 18.2 Å². The molecule has 1 heterocycles. The van der Waals surface area contributed by atoms with Crippen LogP contribution >= 0.6 is 0 Å². The average Bonchev–Trinajstić information content (AvgIpc) is 2.03. The third-order valence-electron chi connectivity index (χ3n) is 1.03. The van der Waals surface area contributed by atoms with Gasteiger partial charge in [0.15, 0.2) is 0 Å². The Morgan fingerprint density at radius 2 is 2.40 bits per heavy atom. The van der Waals surface area contributed by atoms with Crippen molar-refractivity contribution in [2.45, 2.75) is 0 Å². The van der Waals surface area contributed by atoms with Crippen molar-refractivity contribution >= 4 is 0 Å². The summed E-state index contributed by atoms with van der Waals surface area (Å²) in [6.45, 7) is 1.41. The summed E-state index contributed by atoms with van der Waals surface area (Å²) in [6.07, 6.45) is 1.71. The van der Waals surface area contributed by atoms with E-state index in [1.165, 1.54) is 0 Å². The van der Waals surface area contributed by atoms with Gasteiger partial charge in [-0.25, -0.2) is 4.98 Å². The molecule has 0 atom stereocenters. The second-order valence-corrected chi connectivity index (χ2v) is 1.87. The predicted molar refractivity (Wildman–Crippen MR) is 37.5 cm³/mol. The molecule has 0 aromatic carbocycles. The van der Waals surface area contributed by atoms with Crippen molar-refractivity contribution in [3.8, 4) is 5.88 Å². The van der Waals surface area contributed by atoms with Gasteiger partial charge in [-0.05, 0) is 6.07 Å². The van der Waals surface area contributed by atoms with Gasteiger partial charge in [0, 0.05) is 12.3 Å². The van der Waals surface area contributed by atoms with Crippen LogP contribution in [0.2, 0.25) is 0 Å². The van der Waals surface area contributed by atoms with E-state index >= 15 is 0 Å². The van der Waals surface area contributed by atoms with E-state index < -0.39 is 0 Å². The average molecular weight is 139 g/mol. The van der Waals surface area contributed by atoms with Crippen molar-refractivity contribution in [2.24, 2.45) is 0 Å². The molecule has 0 bridgehead atoms. The van der Waals surface area contributed by atoms with Crippen molar-refractivity contribution in [3.63, 3.8) is 0 Å². The molecule has 0 aliphatic carbocycles. The highest BCUT2D eigenvalue weighted by Gasteiger charge is 1.89. The molecule has 1 rings (SSSR count). The third-order valence-corrected chi connectivity index (χ3v) is 1.03. The Hall–Kier alpha value is -1.09. The largest absolute Gasteiger partial charge is 0.472 e. The lowest BCUT2D eigenvalue weighted by Gasteiger charge is -1.99. The predicted octanol–water partition coefficient (Wildman–Crippen LogP) is -0.298. The lowest BCUT2D eigenvalue weighted by atomic mass is 10.5. The summed E-state index contributed by atoms with van der Waals surface area (Å²) in [4.78, 5) is 3.97. The molecular formula is C7H11N2O+. The van der Waals surface area contributed by atoms with Crippen LogP contribution in [0.5, 0.6) is 5.88 Å². The van der Waals surface area contributed by atoms with E-state index in [2.05, 4.69) is 10.7 Å². The zero-order chi connectivity index (χ0) is 7.23. The molecule has 0 radical (unpaired) electrons. The van der Waals surface area contributed by atoms with Gasteiger partial charge in [-0.15, -0.1) is 0 Å². The third kappa shape index (κ3) is 2.03. The Morgan fingerprint density at radius 1 is 1.50 bits per heavy atom. The molecule has 3 N–H and O–H groups in total. The van der Waals surface area contributed by atoms with E-state index in [9.17, 15) is 0 Å². The van der Waals surface area contributed by atoms with Crippen molar-refractivity contribution in [3.05, 3.63) is 24.4 Å². The van der Waals surface area contributed by atoms with Gasteiger partial charge in [0.25, 0.3) is 0 Å². The quantitative estimate of drug-likeness (QED) is 0.625. The minimum absolute atomic E-state index is 0.636. The highest BCUT2D eigenvalue weighted by molar-refractivity contribution is 5.08. The summed E-state index contributed by atoms with van der Waals surface area (Å²) >= 11 is 0. The van der Waals surface area contributed by atoms with Crippen molar-refractivity contribution in [2.75, 3.05) is 13.2 Å². The topological polar surface area (TPSA) is 49.8 Å². The zero-order valence-electron chi connectivity index (χ0n) is 5.79. The van der Waals surface area contributed by atoms with Crippen LogP contribution in [0.15, 0.2) is 24.4 Å². The monoisotopic (exact) mass is 139 g/mol. The van der Waals surface area contributed by atoms with E-state index in [4.69, 9.17) is 4.74 Å². The highest BCUT2D eigenvalue weighted by atomic mass is 16.5. The number of nitrogens with zero attached hydrogens (tertiary/aromatic N) is 1. The van der Waals surface area contributed by atoms with E-state index in [1.54, 1.807) is 6.20 Å². The molecule has 1 aromatic rings. The summed E-state index contributed by atoms with van der Waals surface area (Å²) in [5.41, 5.74) is 3.65. The number of hydrogen-bond donors (Lipinski definition) is 1. The smallest absolute Gasteiger partial charge is 0.213 e. The Kier molecular flexibility index (Phi) is 2.70. The fraction of sp³-hybridized carbons (Fsp3) is 0.286. The van der Waals surface area contributed by atoms with Crippen LogP contribution in [0, 0.1) is 0 Å². The number of hydrogen-bond acceptors (Lipinski definition) is 2. The number of quaternary nitrogens is 1. The second kappa shape index (κ2) is 3.85. The normalized spacial score (nSPS) is 9.30.